The lowest BCUT2D eigenvalue weighted by Crippen LogP contribution is -2.35. The van der Waals surface area contributed by atoms with Crippen LogP contribution in [0.2, 0.25) is 0 Å². The van der Waals surface area contributed by atoms with Crippen LogP contribution in [0.5, 0.6) is 11.5 Å². The molecule has 0 saturated heterocycles. The second kappa shape index (κ2) is 4.73. The van der Waals surface area contributed by atoms with Crippen molar-refractivity contribution in [2.24, 2.45) is 0 Å². The molecule has 18 heavy (non-hydrogen) atoms. The molecule has 2 rings (SSSR count). The van der Waals surface area contributed by atoms with Crippen LogP contribution < -0.4 is 9.47 Å². The van der Waals surface area contributed by atoms with E-state index in [2.05, 4.69) is 5.92 Å². The maximum absolute atomic E-state index is 11.9. The standard InChI is InChI=1S/C15H16O3/c1-4-5-8-17-11-6-7-12-13(16)10-15(2,3)18-14(12)9-11/h1,6-7,9H,5,8,10H2,2-3H3. The molecule has 1 aliphatic rings. The average molecular weight is 244 g/mol. The van der Waals surface area contributed by atoms with Gasteiger partial charge in [-0.15, -0.1) is 12.3 Å². The Balaban J connectivity index is 2.21. The molecule has 0 radical (unpaired) electrons. The Kier molecular flexibility index (Phi) is 3.29. The number of ketones is 1. The zero-order valence-electron chi connectivity index (χ0n) is 10.7. The summed E-state index contributed by atoms with van der Waals surface area (Å²) in [5.74, 6) is 3.89. The highest BCUT2D eigenvalue weighted by Gasteiger charge is 2.32. The number of fused-ring (bicyclic) bond motifs is 1. The maximum Gasteiger partial charge on any atom is 0.170 e. The lowest BCUT2D eigenvalue weighted by atomic mass is 9.93. The molecule has 1 heterocycles. The number of Topliss-reactive ketones (excluding diaryl/α,β-unsaturated/α-hetero) is 1. The van der Waals surface area contributed by atoms with Gasteiger partial charge in [0.15, 0.2) is 5.78 Å². The first kappa shape index (κ1) is 12.5. The SMILES string of the molecule is C#CCCOc1ccc2c(c1)OC(C)(C)CC2=O. The summed E-state index contributed by atoms with van der Waals surface area (Å²) >= 11 is 0. The van der Waals surface area contributed by atoms with Gasteiger partial charge >= 0.3 is 0 Å². The Labute approximate surface area is 107 Å². The molecule has 0 atom stereocenters. The summed E-state index contributed by atoms with van der Waals surface area (Å²) in [7, 11) is 0. The van der Waals surface area contributed by atoms with E-state index in [0.717, 1.165) is 0 Å². The van der Waals surface area contributed by atoms with E-state index in [-0.39, 0.29) is 5.78 Å². The first-order chi connectivity index (χ1) is 8.52. The van der Waals surface area contributed by atoms with Gasteiger partial charge in [-0.05, 0) is 26.0 Å². The van der Waals surface area contributed by atoms with Gasteiger partial charge in [-0.3, -0.25) is 4.79 Å². The highest BCUT2D eigenvalue weighted by Crippen LogP contribution is 2.35. The predicted octanol–water partition coefficient (Wildman–Crippen LogP) is 2.83. The van der Waals surface area contributed by atoms with Crippen LogP contribution in [-0.4, -0.2) is 18.0 Å². The Morgan fingerprint density at radius 2 is 2.28 bits per heavy atom. The fourth-order valence-electron chi connectivity index (χ4n) is 1.95. The minimum Gasteiger partial charge on any atom is -0.492 e. The van der Waals surface area contributed by atoms with Crippen molar-refractivity contribution in [3.05, 3.63) is 23.8 Å². The monoisotopic (exact) mass is 244 g/mol. The van der Waals surface area contributed by atoms with Crippen molar-refractivity contribution in [2.45, 2.75) is 32.3 Å². The summed E-state index contributed by atoms with van der Waals surface area (Å²) in [5, 5.41) is 0. The van der Waals surface area contributed by atoms with Crippen molar-refractivity contribution < 1.29 is 14.3 Å². The summed E-state index contributed by atoms with van der Waals surface area (Å²) in [6.07, 6.45) is 6.12. The highest BCUT2D eigenvalue weighted by atomic mass is 16.5. The number of terminal acetylenes is 1. The molecule has 1 aromatic rings. The maximum atomic E-state index is 11.9. The van der Waals surface area contributed by atoms with E-state index >= 15 is 0 Å². The largest absolute Gasteiger partial charge is 0.492 e. The first-order valence-electron chi connectivity index (χ1n) is 5.94. The van der Waals surface area contributed by atoms with Crippen molar-refractivity contribution >= 4 is 5.78 Å². The van der Waals surface area contributed by atoms with Crippen molar-refractivity contribution in [3.8, 4) is 23.8 Å². The van der Waals surface area contributed by atoms with Gasteiger partial charge in [0.1, 0.15) is 17.1 Å². The highest BCUT2D eigenvalue weighted by molar-refractivity contribution is 6.00. The molecule has 1 aliphatic heterocycles. The number of carbonyl (C=O) groups is 1. The Bertz CT molecular complexity index is 509. The zero-order valence-corrected chi connectivity index (χ0v) is 10.7. The molecular weight excluding hydrogens is 228 g/mol. The molecule has 0 unspecified atom stereocenters. The normalized spacial score (nSPS) is 16.4. The number of ether oxygens (including phenoxy) is 2. The summed E-state index contributed by atoms with van der Waals surface area (Å²) in [6.45, 7) is 4.27. The summed E-state index contributed by atoms with van der Waals surface area (Å²) in [6, 6.07) is 5.28. The first-order valence-corrected chi connectivity index (χ1v) is 5.94. The van der Waals surface area contributed by atoms with Gasteiger partial charge in [-0.25, -0.2) is 0 Å². The molecule has 0 amide bonds. The van der Waals surface area contributed by atoms with Gasteiger partial charge in [0.05, 0.1) is 18.6 Å². The van der Waals surface area contributed by atoms with Gasteiger partial charge in [0, 0.05) is 12.5 Å². The van der Waals surface area contributed by atoms with E-state index in [0.29, 0.717) is 36.5 Å². The second-order valence-electron chi connectivity index (χ2n) is 4.92. The van der Waals surface area contributed by atoms with Gasteiger partial charge in [-0.2, -0.15) is 0 Å². The molecule has 0 bridgehead atoms. The molecular formula is C15H16O3. The van der Waals surface area contributed by atoms with E-state index in [4.69, 9.17) is 15.9 Å². The van der Waals surface area contributed by atoms with E-state index in [9.17, 15) is 4.79 Å². The van der Waals surface area contributed by atoms with Crippen molar-refractivity contribution in [2.75, 3.05) is 6.61 Å². The van der Waals surface area contributed by atoms with Crippen molar-refractivity contribution in [1.82, 2.24) is 0 Å². The number of hydrogen-bond donors (Lipinski definition) is 0. The number of rotatable bonds is 3. The molecule has 0 aliphatic carbocycles. The summed E-state index contributed by atoms with van der Waals surface area (Å²) in [4.78, 5) is 11.9. The molecule has 3 heteroatoms. The fourth-order valence-corrected chi connectivity index (χ4v) is 1.95. The van der Waals surface area contributed by atoms with E-state index in [1.807, 2.05) is 13.8 Å². The van der Waals surface area contributed by atoms with Crippen LogP contribution in [0.3, 0.4) is 0 Å². The van der Waals surface area contributed by atoms with E-state index in [1.54, 1.807) is 18.2 Å². The fraction of sp³-hybridized carbons (Fsp3) is 0.400. The third kappa shape index (κ3) is 2.65. The van der Waals surface area contributed by atoms with E-state index < -0.39 is 5.60 Å². The van der Waals surface area contributed by atoms with Gasteiger partial charge in [0.25, 0.3) is 0 Å². The minimum absolute atomic E-state index is 0.108. The Morgan fingerprint density at radius 3 is 3.00 bits per heavy atom. The third-order valence-electron chi connectivity index (χ3n) is 2.74. The zero-order chi connectivity index (χ0) is 13.2. The lowest BCUT2D eigenvalue weighted by Gasteiger charge is -2.31. The molecule has 1 aromatic carbocycles. The van der Waals surface area contributed by atoms with Gasteiger partial charge in [0.2, 0.25) is 0 Å². The summed E-state index contributed by atoms with van der Waals surface area (Å²) < 4.78 is 11.3. The van der Waals surface area contributed by atoms with Crippen LogP contribution in [0.25, 0.3) is 0 Å². The van der Waals surface area contributed by atoms with Crippen LogP contribution in [0.1, 0.15) is 37.0 Å². The van der Waals surface area contributed by atoms with Crippen LogP contribution in [0, 0.1) is 12.3 Å². The van der Waals surface area contributed by atoms with Crippen LogP contribution in [0.4, 0.5) is 0 Å². The molecule has 0 saturated carbocycles. The molecule has 0 spiro atoms. The van der Waals surface area contributed by atoms with Crippen molar-refractivity contribution in [3.63, 3.8) is 0 Å². The van der Waals surface area contributed by atoms with Crippen LogP contribution >= 0.6 is 0 Å². The molecule has 3 nitrogen and oxygen atoms in total. The van der Waals surface area contributed by atoms with Crippen LogP contribution in [-0.2, 0) is 0 Å². The number of carbonyl (C=O) groups excluding carboxylic acids is 1. The number of hydrogen-bond acceptors (Lipinski definition) is 3. The minimum atomic E-state index is -0.457. The quantitative estimate of drug-likeness (QED) is 0.606. The lowest BCUT2D eigenvalue weighted by molar-refractivity contribution is 0.0618. The summed E-state index contributed by atoms with van der Waals surface area (Å²) in [5.41, 5.74) is 0.167. The van der Waals surface area contributed by atoms with Crippen LogP contribution in [0.15, 0.2) is 18.2 Å². The average Bonchev–Trinajstić information content (AvgIpc) is 2.27. The molecule has 0 aromatic heterocycles. The third-order valence-corrected chi connectivity index (χ3v) is 2.74. The molecule has 0 fully saturated rings. The second-order valence-corrected chi connectivity index (χ2v) is 4.92. The van der Waals surface area contributed by atoms with E-state index in [1.165, 1.54) is 0 Å². The van der Waals surface area contributed by atoms with Gasteiger partial charge < -0.3 is 9.47 Å². The van der Waals surface area contributed by atoms with Gasteiger partial charge in [-0.1, -0.05) is 0 Å². The molecule has 94 valence electrons. The Morgan fingerprint density at radius 1 is 1.50 bits per heavy atom. The Hall–Kier alpha value is -1.95. The number of benzene rings is 1. The van der Waals surface area contributed by atoms with Crippen molar-refractivity contribution in [1.29, 1.82) is 0 Å². The topological polar surface area (TPSA) is 35.5 Å². The predicted molar refractivity (Wildman–Crippen MR) is 69.0 cm³/mol. The molecule has 0 N–H and O–H groups in total. The smallest absolute Gasteiger partial charge is 0.170 e.